The Morgan fingerprint density at radius 1 is 1.24 bits per heavy atom. The van der Waals surface area contributed by atoms with Gasteiger partial charge in [0.05, 0.1) is 22.4 Å². The maximum absolute atomic E-state index is 12.4. The van der Waals surface area contributed by atoms with E-state index in [9.17, 15) is 23.7 Å². The van der Waals surface area contributed by atoms with Crippen LogP contribution in [-0.4, -0.2) is 34.1 Å². The van der Waals surface area contributed by atoms with Crippen molar-refractivity contribution in [2.45, 2.75) is 6.43 Å². The standard InChI is InChI=1S/C18H13ClF2N4O4/c19-11-3-1-10(2-4-11)15-8-16(24-23-15)18(26)22-12-5-13(25(27)28)7-14(6-12)29-9-17(20)21/h1-8,17H,9H2,(H,22,26)(H,23,24). The molecule has 11 heteroatoms. The number of carbonyl (C=O) groups excluding carboxylic acids is 1. The number of alkyl halides is 2. The molecule has 0 saturated carbocycles. The molecule has 0 aliphatic carbocycles. The number of benzene rings is 2. The Labute approximate surface area is 167 Å². The highest BCUT2D eigenvalue weighted by Gasteiger charge is 2.16. The molecular weight excluding hydrogens is 410 g/mol. The highest BCUT2D eigenvalue weighted by atomic mass is 35.5. The average Bonchev–Trinajstić information content (AvgIpc) is 3.17. The van der Waals surface area contributed by atoms with Crippen LogP contribution >= 0.6 is 11.6 Å². The van der Waals surface area contributed by atoms with Gasteiger partial charge in [-0.3, -0.25) is 20.0 Å². The molecule has 0 atom stereocenters. The van der Waals surface area contributed by atoms with E-state index in [0.29, 0.717) is 10.7 Å². The molecule has 0 spiro atoms. The molecule has 0 bridgehead atoms. The molecule has 0 saturated heterocycles. The summed E-state index contributed by atoms with van der Waals surface area (Å²) in [4.78, 5) is 22.8. The second-order valence-corrected chi connectivity index (χ2v) is 6.24. The first-order valence-corrected chi connectivity index (χ1v) is 8.53. The first-order chi connectivity index (χ1) is 13.8. The summed E-state index contributed by atoms with van der Waals surface area (Å²) >= 11 is 5.84. The van der Waals surface area contributed by atoms with E-state index in [1.54, 1.807) is 24.3 Å². The van der Waals surface area contributed by atoms with Crippen LogP contribution in [0.25, 0.3) is 11.3 Å². The third-order valence-electron chi connectivity index (χ3n) is 3.70. The number of non-ortho nitro benzene ring substituents is 1. The van der Waals surface area contributed by atoms with Crippen LogP contribution in [0.2, 0.25) is 5.02 Å². The van der Waals surface area contributed by atoms with Crippen molar-refractivity contribution in [1.29, 1.82) is 0 Å². The SMILES string of the molecule is O=C(Nc1cc(OCC(F)F)cc([N+](=O)[O-])c1)c1cc(-c2ccc(Cl)cc2)n[nH]1. The largest absolute Gasteiger partial charge is 0.487 e. The van der Waals surface area contributed by atoms with E-state index < -0.39 is 29.6 Å². The number of carbonyl (C=O) groups is 1. The second kappa shape index (κ2) is 8.65. The minimum absolute atomic E-state index is 0.0103. The Hall–Kier alpha value is -3.53. The minimum Gasteiger partial charge on any atom is -0.487 e. The van der Waals surface area contributed by atoms with Crippen LogP contribution in [0.15, 0.2) is 48.5 Å². The fourth-order valence-electron chi connectivity index (χ4n) is 2.41. The summed E-state index contributed by atoms with van der Waals surface area (Å²) in [5.74, 6) is -0.792. The summed E-state index contributed by atoms with van der Waals surface area (Å²) in [6.45, 7) is -0.931. The third-order valence-corrected chi connectivity index (χ3v) is 3.95. The first-order valence-electron chi connectivity index (χ1n) is 8.15. The van der Waals surface area contributed by atoms with Gasteiger partial charge in [-0.25, -0.2) is 8.78 Å². The molecule has 2 aromatic carbocycles. The molecule has 29 heavy (non-hydrogen) atoms. The molecule has 1 amide bonds. The van der Waals surface area contributed by atoms with E-state index in [0.717, 1.165) is 17.7 Å². The van der Waals surface area contributed by atoms with Crippen LogP contribution in [0.4, 0.5) is 20.2 Å². The van der Waals surface area contributed by atoms with Gasteiger partial charge < -0.3 is 10.1 Å². The summed E-state index contributed by atoms with van der Waals surface area (Å²) in [6.07, 6.45) is -2.75. The number of anilines is 1. The van der Waals surface area contributed by atoms with Gasteiger partial charge in [-0.05, 0) is 18.2 Å². The second-order valence-electron chi connectivity index (χ2n) is 5.80. The smallest absolute Gasteiger partial charge is 0.275 e. The summed E-state index contributed by atoms with van der Waals surface area (Å²) in [5.41, 5.74) is 0.903. The fourth-order valence-corrected chi connectivity index (χ4v) is 2.53. The molecule has 8 nitrogen and oxygen atoms in total. The van der Waals surface area contributed by atoms with Gasteiger partial charge >= 0.3 is 0 Å². The number of aromatic nitrogens is 2. The average molecular weight is 423 g/mol. The van der Waals surface area contributed by atoms with Crippen LogP contribution < -0.4 is 10.1 Å². The molecule has 150 valence electrons. The monoisotopic (exact) mass is 422 g/mol. The lowest BCUT2D eigenvalue weighted by atomic mass is 10.1. The molecule has 0 fully saturated rings. The quantitative estimate of drug-likeness (QED) is 0.429. The van der Waals surface area contributed by atoms with Gasteiger partial charge in [-0.2, -0.15) is 5.10 Å². The number of nitro benzene ring substituents is 1. The number of H-pyrrole nitrogens is 1. The van der Waals surface area contributed by atoms with Crippen molar-refractivity contribution in [3.05, 3.63) is 69.4 Å². The highest BCUT2D eigenvalue weighted by Crippen LogP contribution is 2.27. The van der Waals surface area contributed by atoms with Gasteiger partial charge in [0.2, 0.25) is 0 Å². The zero-order valence-electron chi connectivity index (χ0n) is 14.6. The lowest BCUT2D eigenvalue weighted by molar-refractivity contribution is -0.384. The van der Waals surface area contributed by atoms with Crippen molar-refractivity contribution in [1.82, 2.24) is 10.2 Å². The molecule has 2 N–H and O–H groups in total. The van der Waals surface area contributed by atoms with Gasteiger partial charge in [0.25, 0.3) is 18.0 Å². The minimum atomic E-state index is -2.75. The van der Waals surface area contributed by atoms with Gasteiger partial charge in [0.15, 0.2) is 0 Å². The Bertz CT molecular complexity index is 1040. The van der Waals surface area contributed by atoms with Crippen LogP contribution in [0, 0.1) is 10.1 Å². The van der Waals surface area contributed by atoms with Crippen molar-refractivity contribution in [3.63, 3.8) is 0 Å². The topological polar surface area (TPSA) is 110 Å². The Balaban J connectivity index is 1.79. The number of halogens is 3. The number of amides is 1. The van der Waals surface area contributed by atoms with E-state index in [1.165, 1.54) is 12.1 Å². The summed E-state index contributed by atoms with van der Waals surface area (Å²) in [6, 6.07) is 11.6. The van der Waals surface area contributed by atoms with Crippen molar-refractivity contribution >= 4 is 28.9 Å². The number of aromatic amines is 1. The van der Waals surface area contributed by atoms with Crippen molar-refractivity contribution in [2.75, 3.05) is 11.9 Å². The number of hydrogen-bond donors (Lipinski definition) is 2. The number of hydrogen-bond acceptors (Lipinski definition) is 5. The number of nitro groups is 1. The van der Waals surface area contributed by atoms with Crippen molar-refractivity contribution in [3.8, 4) is 17.0 Å². The van der Waals surface area contributed by atoms with Gasteiger partial charge in [0.1, 0.15) is 18.1 Å². The van der Waals surface area contributed by atoms with Crippen LogP contribution in [-0.2, 0) is 0 Å². The summed E-state index contributed by atoms with van der Waals surface area (Å²) in [7, 11) is 0. The lowest BCUT2D eigenvalue weighted by Gasteiger charge is -2.09. The van der Waals surface area contributed by atoms with Crippen molar-refractivity contribution in [2.24, 2.45) is 0 Å². The molecule has 0 radical (unpaired) electrons. The molecule has 0 aliphatic rings. The zero-order valence-corrected chi connectivity index (χ0v) is 15.3. The summed E-state index contributed by atoms with van der Waals surface area (Å²) < 4.78 is 29.5. The molecule has 1 heterocycles. The normalized spacial score (nSPS) is 10.8. The predicted octanol–water partition coefficient (Wildman–Crippen LogP) is 4.53. The molecule has 0 aliphatic heterocycles. The number of nitrogens with zero attached hydrogens (tertiary/aromatic N) is 2. The molecule has 1 aromatic heterocycles. The molecule has 3 rings (SSSR count). The molecule has 3 aromatic rings. The number of ether oxygens (including phenoxy) is 1. The molecular formula is C18H13ClF2N4O4. The van der Waals surface area contributed by atoms with Gasteiger partial charge in [0, 0.05) is 22.7 Å². The van der Waals surface area contributed by atoms with Crippen LogP contribution in [0.3, 0.4) is 0 Å². The maximum atomic E-state index is 12.4. The van der Waals surface area contributed by atoms with Crippen LogP contribution in [0.5, 0.6) is 5.75 Å². The Kier molecular flexibility index (Phi) is 6.03. The first kappa shape index (κ1) is 20.2. The lowest BCUT2D eigenvalue weighted by Crippen LogP contribution is -2.13. The van der Waals surface area contributed by atoms with E-state index in [-0.39, 0.29) is 17.1 Å². The van der Waals surface area contributed by atoms with Crippen molar-refractivity contribution < 1.29 is 23.2 Å². The van der Waals surface area contributed by atoms with E-state index >= 15 is 0 Å². The maximum Gasteiger partial charge on any atom is 0.275 e. The fraction of sp³-hybridized carbons (Fsp3) is 0.111. The van der Waals surface area contributed by atoms with E-state index in [4.69, 9.17) is 16.3 Å². The highest BCUT2D eigenvalue weighted by molar-refractivity contribution is 6.30. The predicted molar refractivity (Wildman–Crippen MR) is 102 cm³/mol. The van der Waals surface area contributed by atoms with Gasteiger partial charge in [-0.1, -0.05) is 23.7 Å². The number of rotatable bonds is 7. The zero-order chi connectivity index (χ0) is 21.0. The Morgan fingerprint density at radius 2 is 1.97 bits per heavy atom. The Morgan fingerprint density at radius 3 is 2.62 bits per heavy atom. The van der Waals surface area contributed by atoms with Gasteiger partial charge in [-0.15, -0.1) is 0 Å². The summed E-state index contributed by atoms with van der Waals surface area (Å²) in [5, 5.41) is 20.7. The third kappa shape index (κ3) is 5.26. The van der Waals surface area contributed by atoms with E-state index in [1.807, 2.05) is 0 Å². The van der Waals surface area contributed by atoms with E-state index in [2.05, 4.69) is 15.5 Å². The van der Waals surface area contributed by atoms with Crippen LogP contribution in [0.1, 0.15) is 10.5 Å². The number of nitrogens with one attached hydrogen (secondary N) is 2. The molecule has 0 unspecified atom stereocenters.